The highest BCUT2D eigenvalue weighted by molar-refractivity contribution is 5.71. The van der Waals surface area contributed by atoms with E-state index in [2.05, 4.69) is 15.3 Å². The molecule has 0 fully saturated rings. The summed E-state index contributed by atoms with van der Waals surface area (Å²) in [5.41, 5.74) is 5.95. The summed E-state index contributed by atoms with van der Waals surface area (Å²) in [4.78, 5) is 17.1. The second-order valence-electron chi connectivity index (χ2n) is 2.47. The molecule has 5 heteroatoms. The Labute approximate surface area is 70.4 Å². The molecule has 0 spiro atoms. The van der Waals surface area contributed by atoms with Gasteiger partial charge in [-0.05, 0) is 12.8 Å². The number of nitrogens with zero attached hydrogens (tertiary/aromatic N) is 1. The van der Waals surface area contributed by atoms with E-state index in [9.17, 15) is 4.79 Å². The summed E-state index contributed by atoms with van der Waals surface area (Å²) >= 11 is 0. The first-order chi connectivity index (χ1) is 5.79. The Kier molecular flexibility index (Phi) is 3.13. The molecule has 5 nitrogen and oxygen atoms in total. The van der Waals surface area contributed by atoms with E-state index in [0.29, 0.717) is 6.54 Å². The average Bonchev–Trinajstić information content (AvgIpc) is 2.49. The minimum atomic E-state index is -0.473. The second-order valence-corrected chi connectivity index (χ2v) is 2.47. The normalized spacial score (nSPS) is 9.67. The van der Waals surface area contributed by atoms with Crippen molar-refractivity contribution in [3.05, 3.63) is 18.2 Å². The van der Waals surface area contributed by atoms with Crippen LogP contribution in [0.4, 0.5) is 4.79 Å². The Bertz CT molecular complexity index is 232. The van der Waals surface area contributed by atoms with Gasteiger partial charge in [-0.2, -0.15) is 0 Å². The van der Waals surface area contributed by atoms with E-state index in [-0.39, 0.29) is 0 Å². The lowest BCUT2D eigenvalue weighted by atomic mass is 10.2. The number of carbonyl (C=O) groups excluding carboxylic acids is 1. The lowest BCUT2D eigenvalue weighted by Gasteiger charge is -1.99. The van der Waals surface area contributed by atoms with Crippen LogP contribution in [0.2, 0.25) is 0 Å². The third-order valence-electron chi connectivity index (χ3n) is 1.48. The summed E-state index contributed by atoms with van der Waals surface area (Å²) in [5.74, 6) is 0. The third-order valence-corrected chi connectivity index (χ3v) is 1.48. The molecule has 12 heavy (non-hydrogen) atoms. The summed E-state index contributed by atoms with van der Waals surface area (Å²) in [7, 11) is 0. The van der Waals surface area contributed by atoms with Gasteiger partial charge >= 0.3 is 6.03 Å². The maximum Gasteiger partial charge on any atom is 0.312 e. The van der Waals surface area contributed by atoms with E-state index in [1.54, 1.807) is 12.5 Å². The van der Waals surface area contributed by atoms with Crippen LogP contribution in [0.15, 0.2) is 12.5 Å². The van der Waals surface area contributed by atoms with Crippen LogP contribution in [0.5, 0.6) is 0 Å². The van der Waals surface area contributed by atoms with E-state index < -0.39 is 6.03 Å². The minimum Gasteiger partial charge on any atom is -0.352 e. The molecular formula is C7H12N4O. The van der Waals surface area contributed by atoms with Crippen LogP contribution in [-0.2, 0) is 6.42 Å². The molecule has 0 saturated carbocycles. The van der Waals surface area contributed by atoms with E-state index in [1.165, 1.54) is 0 Å². The van der Waals surface area contributed by atoms with Gasteiger partial charge < -0.3 is 16.0 Å². The number of rotatable bonds is 4. The van der Waals surface area contributed by atoms with Crippen molar-refractivity contribution in [2.75, 3.05) is 6.54 Å². The lowest BCUT2D eigenvalue weighted by Crippen LogP contribution is -2.30. The molecule has 0 aliphatic rings. The van der Waals surface area contributed by atoms with Gasteiger partial charge in [0.1, 0.15) is 0 Å². The number of nitrogens with two attached hydrogens (primary N) is 1. The van der Waals surface area contributed by atoms with Crippen molar-refractivity contribution in [3.8, 4) is 0 Å². The molecule has 0 radical (unpaired) electrons. The van der Waals surface area contributed by atoms with Gasteiger partial charge in [-0.15, -0.1) is 0 Å². The first-order valence-corrected chi connectivity index (χ1v) is 3.79. The number of aromatic nitrogens is 2. The highest BCUT2D eigenvalue weighted by Gasteiger charge is 1.94. The molecule has 1 rings (SSSR count). The fourth-order valence-electron chi connectivity index (χ4n) is 0.912. The van der Waals surface area contributed by atoms with Gasteiger partial charge in [0.05, 0.1) is 6.33 Å². The minimum absolute atomic E-state index is 0.473. The van der Waals surface area contributed by atoms with Crippen LogP contribution in [0, 0.1) is 0 Å². The number of aryl methyl sites for hydroxylation is 1. The van der Waals surface area contributed by atoms with Crippen LogP contribution >= 0.6 is 0 Å². The van der Waals surface area contributed by atoms with E-state index in [0.717, 1.165) is 18.5 Å². The molecule has 0 aliphatic carbocycles. The summed E-state index contributed by atoms with van der Waals surface area (Å²) in [5, 5.41) is 2.51. The van der Waals surface area contributed by atoms with E-state index in [4.69, 9.17) is 5.73 Å². The first kappa shape index (κ1) is 8.58. The number of urea groups is 1. The number of aromatic amines is 1. The number of hydrogen-bond donors (Lipinski definition) is 3. The zero-order valence-electron chi connectivity index (χ0n) is 6.71. The third kappa shape index (κ3) is 3.05. The second kappa shape index (κ2) is 4.38. The number of carbonyl (C=O) groups is 1. The fourth-order valence-corrected chi connectivity index (χ4v) is 0.912. The average molecular weight is 168 g/mol. The Morgan fingerprint density at radius 2 is 2.58 bits per heavy atom. The summed E-state index contributed by atoms with van der Waals surface area (Å²) in [6, 6.07) is -0.473. The van der Waals surface area contributed by atoms with Crippen LogP contribution in [0.1, 0.15) is 12.1 Å². The summed E-state index contributed by atoms with van der Waals surface area (Å²) < 4.78 is 0. The highest BCUT2D eigenvalue weighted by atomic mass is 16.2. The molecule has 0 aliphatic heterocycles. The molecular weight excluding hydrogens is 156 g/mol. The number of hydrogen-bond acceptors (Lipinski definition) is 2. The van der Waals surface area contributed by atoms with Gasteiger partial charge in [-0.1, -0.05) is 0 Å². The zero-order valence-corrected chi connectivity index (χ0v) is 6.71. The molecule has 1 heterocycles. The molecule has 0 unspecified atom stereocenters. The number of amides is 2. The predicted molar refractivity (Wildman–Crippen MR) is 44.5 cm³/mol. The molecule has 0 saturated heterocycles. The molecule has 66 valence electrons. The van der Waals surface area contributed by atoms with Crippen LogP contribution < -0.4 is 11.1 Å². The maximum absolute atomic E-state index is 10.3. The molecule has 0 bridgehead atoms. The zero-order chi connectivity index (χ0) is 8.81. The maximum atomic E-state index is 10.3. The van der Waals surface area contributed by atoms with E-state index >= 15 is 0 Å². The predicted octanol–water partition coefficient (Wildman–Crippen LogP) is 0.0106. The van der Waals surface area contributed by atoms with Gasteiger partial charge in [-0.25, -0.2) is 9.78 Å². The first-order valence-electron chi connectivity index (χ1n) is 3.79. The monoisotopic (exact) mass is 168 g/mol. The number of nitrogens with one attached hydrogen (secondary N) is 2. The molecule has 1 aromatic heterocycles. The van der Waals surface area contributed by atoms with Crippen LogP contribution in [0.25, 0.3) is 0 Å². The number of primary amides is 1. The van der Waals surface area contributed by atoms with Crippen LogP contribution in [-0.4, -0.2) is 22.5 Å². The molecule has 2 amide bonds. The summed E-state index contributed by atoms with van der Waals surface area (Å²) in [6.45, 7) is 0.606. The fraction of sp³-hybridized carbons (Fsp3) is 0.429. The van der Waals surface area contributed by atoms with Crippen LogP contribution in [0.3, 0.4) is 0 Å². The van der Waals surface area contributed by atoms with E-state index in [1.807, 2.05) is 0 Å². The topological polar surface area (TPSA) is 83.8 Å². The van der Waals surface area contributed by atoms with Crippen molar-refractivity contribution in [2.45, 2.75) is 12.8 Å². The SMILES string of the molecule is NC(=O)NCCCc1cnc[nH]1. The lowest BCUT2D eigenvalue weighted by molar-refractivity contribution is 0.249. The van der Waals surface area contributed by atoms with Crippen molar-refractivity contribution in [3.63, 3.8) is 0 Å². The Morgan fingerprint density at radius 3 is 3.17 bits per heavy atom. The quantitative estimate of drug-likeness (QED) is 0.553. The van der Waals surface area contributed by atoms with Gasteiger partial charge in [0.25, 0.3) is 0 Å². The van der Waals surface area contributed by atoms with Gasteiger partial charge in [0.2, 0.25) is 0 Å². The molecule has 1 aromatic rings. The van der Waals surface area contributed by atoms with Gasteiger partial charge in [0.15, 0.2) is 0 Å². The van der Waals surface area contributed by atoms with Gasteiger partial charge in [-0.3, -0.25) is 0 Å². The van der Waals surface area contributed by atoms with Crippen molar-refractivity contribution in [1.82, 2.24) is 15.3 Å². The Hall–Kier alpha value is -1.52. The molecule has 4 N–H and O–H groups in total. The summed E-state index contributed by atoms with van der Waals surface area (Å²) in [6.07, 6.45) is 5.15. The number of imidazole rings is 1. The highest BCUT2D eigenvalue weighted by Crippen LogP contribution is 1.94. The Balaban J connectivity index is 2.07. The van der Waals surface area contributed by atoms with Crippen molar-refractivity contribution >= 4 is 6.03 Å². The Morgan fingerprint density at radius 1 is 1.75 bits per heavy atom. The largest absolute Gasteiger partial charge is 0.352 e. The molecule has 0 aromatic carbocycles. The van der Waals surface area contributed by atoms with Gasteiger partial charge in [0, 0.05) is 18.4 Å². The van der Waals surface area contributed by atoms with Crippen molar-refractivity contribution in [2.24, 2.45) is 5.73 Å². The molecule has 0 atom stereocenters. The van der Waals surface area contributed by atoms with Crippen molar-refractivity contribution < 1.29 is 4.79 Å². The number of H-pyrrole nitrogens is 1. The van der Waals surface area contributed by atoms with Crippen molar-refractivity contribution in [1.29, 1.82) is 0 Å². The smallest absolute Gasteiger partial charge is 0.312 e. The standard InChI is InChI=1S/C7H12N4O/c8-7(12)10-3-1-2-6-4-9-5-11-6/h4-5H,1-3H2,(H,9,11)(H3,8,10,12).